The Morgan fingerprint density at radius 3 is 2.20 bits per heavy atom. The molecule has 0 bridgehead atoms. The summed E-state index contributed by atoms with van der Waals surface area (Å²) in [6, 6.07) is 13.1. The number of hydrogen-bond donors (Lipinski definition) is 2. The molecule has 2 N–H and O–H groups in total. The van der Waals surface area contributed by atoms with E-state index in [0.29, 0.717) is 28.7 Å². The minimum atomic E-state index is -0.491. The smallest absolute Gasteiger partial charge is 0.276 e. The van der Waals surface area contributed by atoms with Crippen LogP contribution in [0.4, 0.5) is 0 Å². The molecule has 0 aromatic heterocycles. The summed E-state index contributed by atoms with van der Waals surface area (Å²) in [5.74, 6) is 0.183. The zero-order valence-electron chi connectivity index (χ0n) is 13.3. The van der Waals surface area contributed by atoms with Crippen LogP contribution >= 0.6 is 11.6 Å². The van der Waals surface area contributed by atoms with Crippen molar-refractivity contribution in [3.8, 4) is 11.5 Å². The van der Waals surface area contributed by atoms with Gasteiger partial charge in [0.1, 0.15) is 18.1 Å². The first-order valence-corrected chi connectivity index (χ1v) is 7.77. The topological polar surface area (TPSA) is 76.7 Å². The zero-order chi connectivity index (χ0) is 18.1. The fraction of sp³-hybridized carbons (Fsp3) is 0.111. The average Bonchev–Trinajstić information content (AvgIpc) is 2.64. The number of hydrazine groups is 1. The molecule has 0 unspecified atom stereocenters. The molecule has 0 aliphatic heterocycles. The Kier molecular flexibility index (Phi) is 6.86. The van der Waals surface area contributed by atoms with Gasteiger partial charge in [-0.1, -0.05) is 24.3 Å². The molecule has 0 saturated heterocycles. The second-order valence-corrected chi connectivity index (χ2v) is 5.31. The normalized spacial score (nSPS) is 9.80. The maximum absolute atomic E-state index is 11.9. The minimum Gasteiger partial charge on any atom is -0.490 e. The van der Waals surface area contributed by atoms with E-state index in [2.05, 4.69) is 17.4 Å². The monoisotopic (exact) mass is 360 g/mol. The Balaban J connectivity index is 1.75. The molecule has 0 aliphatic carbocycles. The van der Waals surface area contributed by atoms with Crippen molar-refractivity contribution in [3.63, 3.8) is 0 Å². The maximum atomic E-state index is 11.9. The summed E-state index contributed by atoms with van der Waals surface area (Å²) >= 11 is 5.76. The van der Waals surface area contributed by atoms with Crippen molar-refractivity contribution in [2.45, 2.75) is 0 Å². The number of hydrogen-bond acceptors (Lipinski definition) is 4. The van der Waals surface area contributed by atoms with Gasteiger partial charge in [0, 0.05) is 10.6 Å². The van der Waals surface area contributed by atoms with Gasteiger partial charge in [-0.15, -0.1) is 0 Å². The highest BCUT2D eigenvalue weighted by molar-refractivity contribution is 6.30. The summed E-state index contributed by atoms with van der Waals surface area (Å²) in [5.41, 5.74) is 4.97. The Morgan fingerprint density at radius 1 is 0.960 bits per heavy atom. The third kappa shape index (κ3) is 6.19. The largest absolute Gasteiger partial charge is 0.490 e. The van der Waals surface area contributed by atoms with Crippen molar-refractivity contribution >= 4 is 23.4 Å². The highest BCUT2D eigenvalue weighted by Crippen LogP contribution is 2.15. The van der Waals surface area contributed by atoms with Gasteiger partial charge >= 0.3 is 0 Å². The molecule has 0 atom stereocenters. The minimum absolute atomic E-state index is 0.240. The third-order valence-corrected chi connectivity index (χ3v) is 3.24. The number of amides is 2. The lowest BCUT2D eigenvalue weighted by molar-refractivity contribution is -0.123. The van der Waals surface area contributed by atoms with Crippen molar-refractivity contribution in [1.29, 1.82) is 0 Å². The van der Waals surface area contributed by atoms with Crippen LogP contribution in [-0.4, -0.2) is 25.0 Å². The molecule has 7 heteroatoms. The first kappa shape index (κ1) is 18.4. The Hall–Kier alpha value is -2.99. The first-order chi connectivity index (χ1) is 12.1. The van der Waals surface area contributed by atoms with Crippen LogP contribution in [0.2, 0.25) is 5.02 Å². The fourth-order valence-corrected chi connectivity index (χ4v) is 1.90. The summed E-state index contributed by atoms with van der Waals surface area (Å²) in [6.07, 6.45) is 1.63. The van der Waals surface area contributed by atoms with Crippen molar-refractivity contribution < 1.29 is 19.1 Å². The number of nitrogens with one attached hydrogen (secondary N) is 2. The number of carbonyl (C=O) groups is 2. The molecule has 25 heavy (non-hydrogen) atoms. The molecule has 0 aliphatic rings. The van der Waals surface area contributed by atoms with Crippen LogP contribution in [0.15, 0.2) is 61.2 Å². The molecule has 0 saturated carbocycles. The second kappa shape index (κ2) is 9.34. The summed E-state index contributed by atoms with van der Waals surface area (Å²) in [4.78, 5) is 23.6. The number of carbonyl (C=O) groups excluding carboxylic acids is 2. The average molecular weight is 361 g/mol. The van der Waals surface area contributed by atoms with Gasteiger partial charge in [-0.3, -0.25) is 20.4 Å². The first-order valence-electron chi connectivity index (χ1n) is 7.40. The highest BCUT2D eigenvalue weighted by Gasteiger charge is 2.08. The standard InChI is InChI=1S/C18H17ClN2O4/c1-2-11-24-15-7-3-13(4-8-15)18(23)21-20-17(22)12-25-16-9-5-14(19)6-10-16/h2-10H,1,11-12H2,(H,20,22)(H,21,23). The van der Waals surface area contributed by atoms with Gasteiger partial charge in [-0.05, 0) is 48.5 Å². The van der Waals surface area contributed by atoms with E-state index in [0.717, 1.165) is 0 Å². The van der Waals surface area contributed by atoms with Crippen molar-refractivity contribution in [2.24, 2.45) is 0 Å². The predicted molar refractivity (Wildman–Crippen MR) is 94.7 cm³/mol. The van der Waals surface area contributed by atoms with E-state index in [1.54, 1.807) is 54.6 Å². The van der Waals surface area contributed by atoms with Gasteiger partial charge < -0.3 is 9.47 Å². The van der Waals surface area contributed by atoms with E-state index in [1.807, 2.05) is 0 Å². The molecule has 0 spiro atoms. The van der Waals surface area contributed by atoms with Crippen LogP contribution in [0.25, 0.3) is 0 Å². The Bertz CT molecular complexity index is 730. The number of rotatable bonds is 7. The van der Waals surface area contributed by atoms with Crippen molar-refractivity contribution in [1.82, 2.24) is 10.9 Å². The lowest BCUT2D eigenvalue weighted by Crippen LogP contribution is -2.43. The number of ether oxygens (including phenoxy) is 2. The molecule has 6 nitrogen and oxygen atoms in total. The Labute approximate surface area is 150 Å². The summed E-state index contributed by atoms with van der Waals surface area (Å²) < 4.78 is 10.6. The lowest BCUT2D eigenvalue weighted by atomic mass is 10.2. The lowest BCUT2D eigenvalue weighted by Gasteiger charge is -2.09. The van der Waals surface area contributed by atoms with E-state index in [1.165, 1.54) is 0 Å². The molecule has 2 amide bonds. The summed E-state index contributed by atoms with van der Waals surface area (Å²) in [6.45, 7) is 3.70. The molecule has 0 heterocycles. The maximum Gasteiger partial charge on any atom is 0.276 e. The second-order valence-electron chi connectivity index (χ2n) is 4.87. The van der Waals surface area contributed by atoms with Crippen molar-refractivity contribution in [2.75, 3.05) is 13.2 Å². The van der Waals surface area contributed by atoms with Crippen LogP contribution in [0, 0.1) is 0 Å². The van der Waals surface area contributed by atoms with Crippen LogP contribution < -0.4 is 20.3 Å². The molecule has 2 aromatic carbocycles. The van der Waals surface area contributed by atoms with Gasteiger partial charge in [-0.25, -0.2) is 0 Å². The van der Waals surface area contributed by atoms with Gasteiger partial charge in [0.2, 0.25) is 0 Å². The van der Waals surface area contributed by atoms with Crippen LogP contribution in [0.5, 0.6) is 11.5 Å². The van der Waals surface area contributed by atoms with E-state index in [-0.39, 0.29) is 6.61 Å². The Morgan fingerprint density at radius 2 is 1.56 bits per heavy atom. The van der Waals surface area contributed by atoms with Gasteiger partial charge in [0.15, 0.2) is 6.61 Å². The SMILES string of the molecule is C=CCOc1ccc(C(=O)NNC(=O)COc2ccc(Cl)cc2)cc1. The molecule has 2 aromatic rings. The zero-order valence-corrected chi connectivity index (χ0v) is 14.1. The number of benzene rings is 2. The molecular weight excluding hydrogens is 344 g/mol. The van der Waals surface area contributed by atoms with Crippen LogP contribution in [-0.2, 0) is 4.79 Å². The number of halogens is 1. The van der Waals surface area contributed by atoms with Crippen LogP contribution in [0.1, 0.15) is 10.4 Å². The van der Waals surface area contributed by atoms with E-state index in [4.69, 9.17) is 21.1 Å². The van der Waals surface area contributed by atoms with Gasteiger partial charge in [0.25, 0.3) is 11.8 Å². The van der Waals surface area contributed by atoms with E-state index >= 15 is 0 Å². The molecule has 130 valence electrons. The molecule has 0 fully saturated rings. The van der Waals surface area contributed by atoms with Crippen LogP contribution in [0.3, 0.4) is 0 Å². The summed E-state index contributed by atoms with van der Waals surface area (Å²) in [5, 5.41) is 0.574. The van der Waals surface area contributed by atoms with Gasteiger partial charge in [-0.2, -0.15) is 0 Å². The highest BCUT2D eigenvalue weighted by atomic mass is 35.5. The molecule has 2 rings (SSSR count). The quantitative estimate of drug-likeness (QED) is 0.588. The van der Waals surface area contributed by atoms with Crippen molar-refractivity contribution in [3.05, 3.63) is 71.8 Å². The van der Waals surface area contributed by atoms with E-state index in [9.17, 15) is 9.59 Å². The molecule has 0 radical (unpaired) electrons. The van der Waals surface area contributed by atoms with E-state index < -0.39 is 11.8 Å². The third-order valence-electron chi connectivity index (χ3n) is 2.98. The predicted octanol–water partition coefficient (Wildman–Crippen LogP) is 2.74. The van der Waals surface area contributed by atoms with Gasteiger partial charge in [0.05, 0.1) is 0 Å². The fourth-order valence-electron chi connectivity index (χ4n) is 1.77. The molecular formula is C18H17ClN2O4. The summed E-state index contributed by atoms with van der Waals surface area (Å²) in [7, 11) is 0.